The Morgan fingerprint density at radius 1 is 0.861 bits per heavy atom. The van der Waals surface area contributed by atoms with Crippen molar-refractivity contribution in [3.8, 4) is 5.75 Å². The van der Waals surface area contributed by atoms with Gasteiger partial charge in [0.2, 0.25) is 5.91 Å². The van der Waals surface area contributed by atoms with E-state index in [-0.39, 0.29) is 17.1 Å². The summed E-state index contributed by atoms with van der Waals surface area (Å²) in [6.07, 6.45) is 0. The van der Waals surface area contributed by atoms with Gasteiger partial charge in [0, 0.05) is 25.9 Å². The lowest BCUT2D eigenvalue weighted by Gasteiger charge is -2.32. The largest absolute Gasteiger partial charge is 0.497 e. The molecule has 0 aromatic heterocycles. The molecule has 1 N–H and O–H groups in total. The van der Waals surface area contributed by atoms with Gasteiger partial charge in [0.25, 0.3) is 5.91 Å². The minimum Gasteiger partial charge on any atom is -0.497 e. The Morgan fingerprint density at radius 3 is 2.22 bits per heavy atom. The number of carbonyl (C=O) groups excluding carboxylic acids is 2. The molecule has 0 aliphatic carbocycles. The van der Waals surface area contributed by atoms with Gasteiger partial charge in [-0.25, -0.2) is 0 Å². The highest BCUT2D eigenvalue weighted by molar-refractivity contribution is 8.00. The predicted octanol–water partition coefficient (Wildman–Crippen LogP) is 7.26. The topological polar surface area (TPSA) is 58.6 Å². The van der Waals surface area contributed by atoms with E-state index in [4.69, 9.17) is 4.74 Å². The van der Waals surface area contributed by atoms with Gasteiger partial charge in [-0.2, -0.15) is 0 Å². The number of rotatable bonds is 6. The van der Waals surface area contributed by atoms with Gasteiger partial charge < -0.3 is 10.1 Å². The van der Waals surface area contributed by atoms with Crippen LogP contribution in [0.3, 0.4) is 0 Å². The van der Waals surface area contributed by atoms with Crippen LogP contribution in [-0.2, 0) is 4.79 Å². The molecule has 0 radical (unpaired) electrons. The molecule has 1 heterocycles. The molecule has 5 rings (SSSR count). The van der Waals surface area contributed by atoms with Crippen LogP contribution in [0.4, 0.5) is 17.1 Å². The van der Waals surface area contributed by atoms with E-state index in [1.807, 2.05) is 84.6 Å². The van der Waals surface area contributed by atoms with E-state index in [1.54, 1.807) is 43.1 Å². The maximum absolute atomic E-state index is 13.8. The summed E-state index contributed by atoms with van der Waals surface area (Å²) in [6.45, 7) is 1.92. The zero-order valence-electron chi connectivity index (χ0n) is 19.8. The summed E-state index contributed by atoms with van der Waals surface area (Å²) < 4.78 is 5.21. The molecule has 7 heteroatoms. The first kappa shape index (κ1) is 24.0. The van der Waals surface area contributed by atoms with E-state index in [0.29, 0.717) is 17.0 Å². The molecule has 1 aliphatic rings. The molecule has 36 heavy (non-hydrogen) atoms. The third-order valence-electron chi connectivity index (χ3n) is 5.74. The van der Waals surface area contributed by atoms with Gasteiger partial charge in [-0.3, -0.25) is 14.5 Å². The molecule has 0 fully saturated rings. The van der Waals surface area contributed by atoms with Crippen LogP contribution >= 0.6 is 23.5 Å². The molecule has 1 atom stereocenters. The number of para-hydroxylation sites is 2. The van der Waals surface area contributed by atoms with Crippen LogP contribution in [0.1, 0.15) is 17.3 Å². The lowest BCUT2D eigenvalue weighted by atomic mass is 10.2. The molecule has 0 bridgehead atoms. The SMILES string of the molecule is COc1cccc(C(=O)Nc2cccc(SC(C)C(=O)N3c4ccccc4Sc4ccccc43)c2)c1. The molecular weight excluding hydrogens is 488 g/mol. The van der Waals surface area contributed by atoms with E-state index < -0.39 is 0 Å². The second-order valence-corrected chi connectivity index (χ2v) is 10.7. The highest BCUT2D eigenvalue weighted by Gasteiger charge is 2.31. The van der Waals surface area contributed by atoms with E-state index in [2.05, 4.69) is 5.32 Å². The predicted molar refractivity (Wildman–Crippen MR) is 147 cm³/mol. The summed E-state index contributed by atoms with van der Waals surface area (Å²) in [7, 11) is 1.57. The molecule has 180 valence electrons. The molecule has 1 unspecified atom stereocenters. The summed E-state index contributed by atoms with van der Waals surface area (Å²) >= 11 is 3.15. The summed E-state index contributed by atoms with van der Waals surface area (Å²) in [4.78, 5) is 31.3. The van der Waals surface area contributed by atoms with Crippen molar-refractivity contribution in [2.45, 2.75) is 26.9 Å². The van der Waals surface area contributed by atoms with Crippen LogP contribution in [0, 0.1) is 0 Å². The average Bonchev–Trinajstić information content (AvgIpc) is 2.91. The fourth-order valence-corrected chi connectivity index (χ4v) is 6.02. The number of carbonyl (C=O) groups is 2. The van der Waals surface area contributed by atoms with Crippen LogP contribution in [0.2, 0.25) is 0 Å². The number of benzene rings is 4. The number of thioether (sulfide) groups is 1. The Hall–Kier alpha value is -3.68. The zero-order valence-corrected chi connectivity index (χ0v) is 21.4. The zero-order chi connectivity index (χ0) is 25.1. The summed E-state index contributed by atoms with van der Waals surface area (Å²) in [6, 6.07) is 30.5. The summed E-state index contributed by atoms with van der Waals surface area (Å²) in [5.41, 5.74) is 2.98. The minimum atomic E-state index is -0.349. The number of methoxy groups -OCH3 is 1. The first-order valence-electron chi connectivity index (χ1n) is 11.5. The number of anilines is 3. The minimum absolute atomic E-state index is 0.00557. The van der Waals surface area contributed by atoms with Crippen molar-refractivity contribution in [2.24, 2.45) is 0 Å². The number of hydrogen-bond donors (Lipinski definition) is 1. The second kappa shape index (κ2) is 10.5. The van der Waals surface area contributed by atoms with Crippen molar-refractivity contribution in [3.63, 3.8) is 0 Å². The molecule has 1 aliphatic heterocycles. The van der Waals surface area contributed by atoms with Crippen molar-refractivity contribution < 1.29 is 14.3 Å². The van der Waals surface area contributed by atoms with Gasteiger partial charge >= 0.3 is 0 Å². The van der Waals surface area contributed by atoms with Crippen molar-refractivity contribution >= 4 is 52.4 Å². The first-order chi connectivity index (χ1) is 17.5. The summed E-state index contributed by atoms with van der Waals surface area (Å²) in [5, 5.41) is 2.59. The molecule has 0 saturated carbocycles. The van der Waals surface area contributed by atoms with Crippen molar-refractivity contribution in [1.82, 2.24) is 0 Å². The molecule has 4 aromatic rings. The number of hydrogen-bond acceptors (Lipinski definition) is 5. The molecule has 0 saturated heterocycles. The van der Waals surface area contributed by atoms with Crippen LogP contribution in [0.15, 0.2) is 112 Å². The maximum Gasteiger partial charge on any atom is 0.255 e. The molecular formula is C29H24N2O3S2. The normalized spacial score (nSPS) is 12.8. The molecule has 4 aromatic carbocycles. The highest BCUT2D eigenvalue weighted by atomic mass is 32.2. The number of nitrogens with zero attached hydrogens (tertiary/aromatic N) is 1. The maximum atomic E-state index is 13.8. The Bertz CT molecular complexity index is 1390. The monoisotopic (exact) mass is 512 g/mol. The fourth-order valence-electron chi connectivity index (χ4n) is 3.99. The Balaban J connectivity index is 1.34. The Kier molecular flexibility index (Phi) is 7.02. The number of fused-ring (bicyclic) bond motifs is 2. The van der Waals surface area contributed by atoms with Gasteiger partial charge in [0.05, 0.1) is 23.7 Å². The van der Waals surface area contributed by atoms with E-state index >= 15 is 0 Å². The number of amides is 2. The summed E-state index contributed by atoms with van der Waals surface area (Å²) in [5.74, 6) is 0.406. The Morgan fingerprint density at radius 2 is 1.53 bits per heavy atom. The van der Waals surface area contributed by atoms with Gasteiger partial charge in [-0.1, -0.05) is 48.2 Å². The van der Waals surface area contributed by atoms with E-state index in [0.717, 1.165) is 26.1 Å². The smallest absolute Gasteiger partial charge is 0.255 e. The van der Waals surface area contributed by atoms with E-state index in [9.17, 15) is 9.59 Å². The van der Waals surface area contributed by atoms with Crippen molar-refractivity contribution in [1.29, 1.82) is 0 Å². The lowest BCUT2D eigenvalue weighted by Crippen LogP contribution is -2.34. The first-order valence-corrected chi connectivity index (χ1v) is 13.1. The number of ether oxygens (including phenoxy) is 1. The van der Waals surface area contributed by atoms with E-state index in [1.165, 1.54) is 11.8 Å². The van der Waals surface area contributed by atoms with Gasteiger partial charge in [0.15, 0.2) is 0 Å². The van der Waals surface area contributed by atoms with Crippen molar-refractivity contribution in [2.75, 3.05) is 17.3 Å². The van der Waals surface area contributed by atoms with Gasteiger partial charge in [0.1, 0.15) is 5.75 Å². The fraction of sp³-hybridized carbons (Fsp3) is 0.103. The Labute approximate surface area is 218 Å². The molecule has 2 amide bonds. The highest BCUT2D eigenvalue weighted by Crippen LogP contribution is 2.48. The van der Waals surface area contributed by atoms with Crippen molar-refractivity contribution in [3.05, 3.63) is 103 Å². The van der Waals surface area contributed by atoms with Gasteiger partial charge in [-0.05, 0) is 67.6 Å². The second-order valence-electron chi connectivity index (χ2n) is 8.19. The molecule has 0 spiro atoms. The molecule has 5 nitrogen and oxygen atoms in total. The third-order valence-corrected chi connectivity index (χ3v) is 7.95. The lowest BCUT2D eigenvalue weighted by molar-refractivity contribution is -0.117. The number of nitrogens with one attached hydrogen (secondary N) is 1. The van der Waals surface area contributed by atoms with Crippen LogP contribution in [0.25, 0.3) is 0 Å². The van der Waals surface area contributed by atoms with Crippen LogP contribution < -0.4 is 15.0 Å². The quantitative estimate of drug-likeness (QED) is 0.276. The van der Waals surface area contributed by atoms with Crippen LogP contribution in [0.5, 0.6) is 5.75 Å². The standard InChI is InChI=1S/C29H24N2O3S2/c1-19(29(33)31-24-13-3-5-15-26(24)36-27-16-6-4-14-25(27)31)35-23-12-8-10-21(18-23)30-28(32)20-9-7-11-22(17-20)34-2/h3-19H,1-2H3,(H,30,32). The van der Waals surface area contributed by atoms with Crippen LogP contribution in [-0.4, -0.2) is 24.2 Å². The van der Waals surface area contributed by atoms with Gasteiger partial charge in [-0.15, -0.1) is 11.8 Å². The third kappa shape index (κ3) is 4.98. The average molecular weight is 513 g/mol.